The molecule has 116 valence electrons. The van der Waals surface area contributed by atoms with Crippen molar-refractivity contribution in [3.05, 3.63) is 66.5 Å². The zero-order valence-electron chi connectivity index (χ0n) is 12.3. The van der Waals surface area contributed by atoms with Gasteiger partial charge < -0.3 is 5.32 Å². The Kier molecular flexibility index (Phi) is 4.29. The molecule has 6 nitrogen and oxygen atoms in total. The van der Waals surface area contributed by atoms with Crippen LogP contribution in [0, 0.1) is 0 Å². The Bertz CT molecular complexity index is 828. The Morgan fingerprint density at radius 3 is 2.17 bits per heavy atom. The Morgan fingerprint density at radius 2 is 1.61 bits per heavy atom. The van der Waals surface area contributed by atoms with Crippen LogP contribution in [0.25, 0.3) is 5.69 Å². The molecule has 0 saturated heterocycles. The van der Waals surface area contributed by atoms with Crippen molar-refractivity contribution in [2.24, 2.45) is 0 Å². The van der Waals surface area contributed by atoms with E-state index in [1.165, 1.54) is 4.80 Å². The fourth-order valence-corrected chi connectivity index (χ4v) is 2.55. The van der Waals surface area contributed by atoms with Crippen molar-refractivity contribution in [1.29, 1.82) is 0 Å². The number of nitrogens with one attached hydrogen (secondary N) is 1. The summed E-state index contributed by atoms with van der Waals surface area (Å²) in [5.74, 6) is -0.219. The third kappa shape index (κ3) is 3.51. The van der Waals surface area contributed by atoms with Gasteiger partial charge >= 0.3 is 0 Å². The molecular formula is C16H14N4O2S. The predicted octanol–water partition coefficient (Wildman–Crippen LogP) is 2.26. The second-order valence-electron chi connectivity index (χ2n) is 4.80. The Balaban J connectivity index is 1.71. The molecule has 1 N–H and O–H groups in total. The molecule has 0 aliphatic rings. The van der Waals surface area contributed by atoms with Crippen molar-refractivity contribution in [1.82, 2.24) is 15.0 Å². The molecule has 1 amide bonds. The first kappa shape index (κ1) is 15.1. The van der Waals surface area contributed by atoms with Crippen LogP contribution in [-0.2, 0) is 10.8 Å². The minimum atomic E-state index is -1.05. The van der Waals surface area contributed by atoms with Crippen LogP contribution in [0.3, 0.4) is 0 Å². The van der Waals surface area contributed by atoms with Crippen molar-refractivity contribution < 1.29 is 9.00 Å². The largest absolute Gasteiger partial charge is 0.322 e. The highest BCUT2D eigenvalue weighted by Crippen LogP contribution is 2.14. The average molecular weight is 326 g/mol. The van der Waals surface area contributed by atoms with E-state index in [2.05, 4.69) is 15.5 Å². The molecule has 2 aromatic carbocycles. The van der Waals surface area contributed by atoms with Gasteiger partial charge in [-0.25, -0.2) is 0 Å². The molecule has 0 unspecified atom stereocenters. The molecule has 0 fully saturated rings. The summed E-state index contributed by atoms with van der Waals surface area (Å²) in [6.07, 6.45) is 4.80. The van der Waals surface area contributed by atoms with E-state index in [0.717, 1.165) is 5.69 Å². The summed E-state index contributed by atoms with van der Waals surface area (Å²) < 4.78 is 11.3. The third-order valence-corrected chi connectivity index (χ3v) is 4.16. The van der Waals surface area contributed by atoms with E-state index in [-0.39, 0.29) is 5.91 Å². The van der Waals surface area contributed by atoms with Crippen molar-refractivity contribution in [2.75, 3.05) is 11.6 Å². The van der Waals surface area contributed by atoms with Crippen LogP contribution in [0.2, 0.25) is 0 Å². The third-order valence-electron chi connectivity index (χ3n) is 3.22. The summed E-state index contributed by atoms with van der Waals surface area (Å²) in [7, 11) is -1.05. The lowest BCUT2D eigenvalue weighted by atomic mass is 10.2. The van der Waals surface area contributed by atoms with Crippen LogP contribution in [-0.4, -0.2) is 31.4 Å². The van der Waals surface area contributed by atoms with E-state index in [9.17, 15) is 9.00 Å². The van der Waals surface area contributed by atoms with E-state index < -0.39 is 10.8 Å². The summed E-state index contributed by atoms with van der Waals surface area (Å²) in [5.41, 5.74) is 1.99. The van der Waals surface area contributed by atoms with E-state index in [4.69, 9.17) is 0 Å². The zero-order chi connectivity index (χ0) is 16.2. The zero-order valence-corrected chi connectivity index (χ0v) is 13.2. The van der Waals surface area contributed by atoms with Crippen LogP contribution >= 0.6 is 0 Å². The summed E-state index contributed by atoms with van der Waals surface area (Å²) in [6, 6.07) is 13.9. The number of aromatic nitrogens is 3. The Morgan fingerprint density at radius 1 is 1.00 bits per heavy atom. The number of carbonyl (C=O) groups excluding carboxylic acids is 1. The minimum Gasteiger partial charge on any atom is -0.322 e. The molecule has 1 atom stereocenters. The van der Waals surface area contributed by atoms with Crippen LogP contribution in [0.5, 0.6) is 0 Å². The normalized spacial score (nSPS) is 11.9. The first-order valence-electron chi connectivity index (χ1n) is 6.85. The summed E-state index contributed by atoms with van der Waals surface area (Å²) in [4.78, 5) is 14.4. The summed E-state index contributed by atoms with van der Waals surface area (Å²) in [5, 5.41) is 10.9. The van der Waals surface area contributed by atoms with Crippen molar-refractivity contribution >= 4 is 22.4 Å². The lowest BCUT2D eigenvalue weighted by Gasteiger charge is -2.07. The number of anilines is 1. The van der Waals surface area contributed by atoms with Gasteiger partial charge in [0, 0.05) is 33.2 Å². The van der Waals surface area contributed by atoms with Crippen LogP contribution < -0.4 is 5.32 Å². The average Bonchev–Trinajstić information content (AvgIpc) is 3.10. The van der Waals surface area contributed by atoms with Crippen LogP contribution in [0.4, 0.5) is 5.69 Å². The van der Waals surface area contributed by atoms with Crippen molar-refractivity contribution in [3.63, 3.8) is 0 Å². The molecule has 0 bridgehead atoms. The number of carbonyl (C=O) groups is 1. The Hall–Kier alpha value is -2.80. The molecule has 1 aromatic heterocycles. The SMILES string of the molecule is C[S@](=O)c1ccc(C(=O)Nc2ccc(-n3nccn3)cc2)cc1. The van der Waals surface area contributed by atoms with Gasteiger partial charge in [-0.2, -0.15) is 15.0 Å². The van der Waals surface area contributed by atoms with Gasteiger partial charge in [0.25, 0.3) is 5.91 Å². The molecule has 7 heteroatoms. The fraction of sp³-hybridized carbons (Fsp3) is 0.0625. The number of hydrogen-bond donors (Lipinski definition) is 1. The number of nitrogens with zero attached hydrogens (tertiary/aromatic N) is 3. The van der Waals surface area contributed by atoms with E-state index in [0.29, 0.717) is 16.1 Å². The summed E-state index contributed by atoms with van der Waals surface area (Å²) >= 11 is 0. The van der Waals surface area contributed by atoms with Gasteiger partial charge in [0.2, 0.25) is 0 Å². The number of rotatable bonds is 4. The molecule has 0 radical (unpaired) electrons. The van der Waals surface area contributed by atoms with E-state index in [1.807, 2.05) is 12.1 Å². The topological polar surface area (TPSA) is 76.9 Å². The highest BCUT2D eigenvalue weighted by atomic mass is 32.2. The highest BCUT2D eigenvalue weighted by molar-refractivity contribution is 7.84. The minimum absolute atomic E-state index is 0.219. The van der Waals surface area contributed by atoms with Gasteiger partial charge in [-0.3, -0.25) is 9.00 Å². The molecular weight excluding hydrogens is 312 g/mol. The lowest BCUT2D eigenvalue weighted by molar-refractivity contribution is 0.102. The molecule has 0 aliphatic heterocycles. The number of benzene rings is 2. The van der Waals surface area contributed by atoms with Crippen molar-refractivity contribution in [3.8, 4) is 5.69 Å². The lowest BCUT2D eigenvalue weighted by Crippen LogP contribution is -2.12. The maximum Gasteiger partial charge on any atom is 0.255 e. The van der Waals surface area contributed by atoms with Crippen molar-refractivity contribution in [2.45, 2.75) is 4.90 Å². The number of hydrogen-bond acceptors (Lipinski definition) is 4. The molecule has 3 rings (SSSR count). The predicted molar refractivity (Wildman–Crippen MR) is 88.1 cm³/mol. The smallest absolute Gasteiger partial charge is 0.255 e. The molecule has 0 saturated carbocycles. The van der Waals surface area contributed by atoms with Crippen LogP contribution in [0.15, 0.2) is 65.8 Å². The van der Waals surface area contributed by atoms with Crippen LogP contribution in [0.1, 0.15) is 10.4 Å². The van der Waals surface area contributed by atoms with Gasteiger partial charge in [0.1, 0.15) is 0 Å². The summed E-state index contributed by atoms with van der Waals surface area (Å²) in [6.45, 7) is 0. The monoisotopic (exact) mass is 326 g/mol. The standard InChI is InChI=1S/C16H14N4O2S/c1-23(22)15-8-2-12(3-9-15)16(21)19-13-4-6-14(7-5-13)20-17-10-11-18-20/h2-11H,1H3,(H,19,21)/t23-/m0/s1. The Labute approximate surface area is 135 Å². The van der Waals surface area contributed by atoms with E-state index in [1.54, 1.807) is 55.0 Å². The van der Waals surface area contributed by atoms with E-state index >= 15 is 0 Å². The van der Waals surface area contributed by atoms with Gasteiger partial charge in [-0.15, -0.1) is 0 Å². The molecule has 0 aliphatic carbocycles. The molecule has 1 heterocycles. The number of amides is 1. The van der Waals surface area contributed by atoms with Gasteiger partial charge in [-0.05, 0) is 48.5 Å². The quantitative estimate of drug-likeness (QED) is 0.798. The van der Waals surface area contributed by atoms with Gasteiger partial charge in [-0.1, -0.05) is 0 Å². The highest BCUT2D eigenvalue weighted by Gasteiger charge is 2.07. The fourth-order valence-electron chi connectivity index (χ4n) is 2.03. The second kappa shape index (κ2) is 6.53. The first-order valence-corrected chi connectivity index (χ1v) is 8.41. The van der Waals surface area contributed by atoms with Gasteiger partial charge in [0.15, 0.2) is 0 Å². The molecule has 3 aromatic rings. The maximum atomic E-state index is 12.2. The maximum absolute atomic E-state index is 12.2. The molecule has 0 spiro atoms. The first-order chi connectivity index (χ1) is 11.1. The molecule has 23 heavy (non-hydrogen) atoms. The second-order valence-corrected chi connectivity index (χ2v) is 6.18. The van der Waals surface area contributed by atoms with Gasteiger partial charge in [0.05, 0.1) is 18.1 Å².